The summed E-state index contributed by atoms with van der Waals surface area (Å²) >= 11 is 0. The Morgan fingerprint density at radius 1 is 1.13 bits per heavy atom. The van der Waals surface area contributed by atoms with Crippen molar-refractivity contribution in [3.8, 4) is 0 Å². The molecule has 4 atom stereocenters. The van der Waals surface area contributed by atoms with Crippen LogP contribution in [-0.2, 0) is 14.3 Å². The molecule has 4 fully saturated rings. The molecule has 4 saturated carbocycles. The molecule has 0 aromatic rings. The molecule has 23 heavy (non-hydrogen) atoms. The van der Waals surface area contributed by atoms with Crippen LogP contribution in [-0.4, -0.2) is 36.2 Å². The van der Waals surface area contributed by atoms with Gasteiger partial charge in [-0.2, -0.15) is 0 Å². The molecule has 2 N–H and O–H groups in total. The lowest BCUT2D eigenvalue weighted by Gasteiger charge is -2.64. The van der Waals surface area contributed by atoms with Gasteiger partial charge in [0.1, 0.15) is 0 Å². The van der Waals surface area contributed by atoms with Crippen LogP contribution in [0.2, 0.25) is 0 Å². The lowest BCUT2D eigenvalue weighted by Crippen LogP contribution is -2.62. The fraction of sp³-hybridized carbons (Fsp3) is 0.889. The van der Waals surface area contributed by atoms with Crippen LogP contribution in [0.5, 0.6) is 0 Å². The van der Waals surface area contributed by atoms with E-state index in [1.807, 2.05) is 0 Å². The van der Waals surface area contributed by atoms with Crippen molar-refractivity contribution in [1.82, 2.24) is 5.32 Å². The van der Waals surface area contributed by atoms with Crippen molar-refractivity contribution < 1.29 is 19.4 Å². The van der Waals surface area contributed by atoms with Gasteiger partial charge in [-0.3, -0.25) is 4.79 Å². The number of esters is 1. The minimum absolute atomic E-state index is 0.0737. The molecule has 0 aromatic carbocycles. The largest absolute Gasteiger partial charge is 0.467 e. The molecule has 0 radical (unpaired) electrons. The molecule has 4 rings (SSSR count). The minimum Gasteiger partial charge on any atom is -0.467 e. The maximum Gasteiger partial charge on any atom is 0.331 e. The van der Waals surface area contributed by atoms with Gasteiger partial charge in [0.25, 0.3) is 0 Å². The molecular weight excluding hydrogens is 294 g/mol. The summed E-state index contributed by atoms with van der Waals surface area (Å²) in [5.41, 5.74) is 0.0816. The van der Waals surface area contributed by atoms with Gasteiger partial charge in [0.2, 0.25) is 5.91 Å². The first-order valence-corrected chi connectivity index (χ1v) is 8.67. The first kappa shape index (κ1) is 16.7. The molecule has 4 aliphatic carbocycles. The average molecular weight is 323 g/mol. The molecule has 0 spiro atoms. The van der Waals surface area contributed by atoms with Crippen LogP contribution in [0.25, 0.3) is 0 Å². The molecule has 4 aliphatic rings. The Balaban J connectivity index is 1.83. The highest BCUT2D eigenvalue weighted by Crippen LogP contribution is 2.69. The normalized spacial score (nSPS) is 43.8. The molecule has 0 heterocycles. The quantitative estimate of drug-likeness (QED) is 0.776. The second-order valence-electron chi connectivity index (χ2n) is 9.13. The fourth-order valence-corrected chi connectivity index (χ4v) is 6.50. The number of methoxy groups -OCH3 is 1. The Bertz CT molecular complexity index is 511. The number of amides is 1. The summed E-state index contributed by atoms with van der Waals surface area (Å²) in [5.74, 6) is -0.0546. The van der Waals surface area contributed by atoms with Gasteiger partial charge >= 0.3 is 5.97 Å². The van der Waals surface area contributed by atoms with Crippen LogP contribution < -0.4 is 5.32 Å². The van der Waals surface area contributed by atoms with Gasteiger partial charge in [0.15, 0.2) is 6.04 Å². The van der Waals surface area contributed by atoms with E-state index in [-0.39, 0.29) is 22.2 Å². The molecule has 5 nitrogen and oxygen atoms in total. The second kappa shape index (κ2) is 5.20. The Morgan fingerprint density at radius 2 is 1.70 bits per heavy atom. The van der Waals surface area contributed by atoms with E-state index in [0.29, 0.717) is 5.92 Å². The third-order valence-electron chi connectivity index (χ3n) is 6.33. The van der Waals surface area contributed by atoms with Crippen molar-refractivity contribution >= 4 is 11.9 Å². The number of rotatable bonds is 4. The van der Waals surface area contributed by atoms with Crippen molar-refractivity contribution in [1.29, 1.82) is 0 Å². The van der Waals surface area contributed by atoms with Crippen LogP contribution in [0.15, 0.2) is 0 Å². The van der Waals surface area contributed by atoms with E-state index < -0.39 is 18.1 Å². The monoisotopic (exact) mass is 323 g/mol. The zero-order valence-corrected chi connectivity index (χ0v) is 14.6. The molecule has 4 bridgehead atoms. The molecule has 0 saturated heterocycles. The number of hydrogen-bond acceptors (Lipinski definition) is 4. The van der Waals surface area contributed by atoms with E-state index >= 15 is 0 Å². The highest BCUT2D eigenvalue weighted by Gasteiger charge is 2.62. The standard InChI is InChI=1S/C18H29NO4/c1-11(20)13(14(21)23-4)19-15(22)18-7-12-5-16(2,9-18)8-17(3,6-12)10-18/h11-13,20H,5-10H2,1-4H3,(H,19,22)/t11-,12?,13+,16-,17-,18?/m1/s1. The van der Waals surface area contributed by atoms with E-state index in [1.165, 1.54) is 33.3 Å². The van der Waals surface area contributed by atoms with Gasteiger partial charge < -0.3 is 15.2 Å². The first-order valence-electron chi connectivity index (χ1n) is 8.67. The zero-order valence-electron chi connectivity index (χ0n) is 14.6. The number of aliphatic hydroxyl groups excluding tert-OH is 1. The number of hydrogen-bond donors (Lipinski definition) is 2. The maximum atomic E-state index is 13.1. The van der Waals surface area contributed by atoms with E-state index in [2.05, 4.69) is 19.2 Å². The van der Waals surface area contributed by atoms with Gasteiger partial charge in [0.05, 0.1) is 18.6 Å². The zero-order chi connectivity index (χ0) is 17.0. The molecule has 0 aliphatic heterocycles. The van der Waals surface area contributed by atoms with Gasteiger partial charge in [-0.1, -0.05) is 13.8 Å². The predicted molar refractivity (Wildman–Crippen MR) is 85.5 cm³/mol. The van der Waals surface area contributed by atoms with Gasteiger partial charge in [-0.15, -0.1) is 0 Å². The fourth-order valence-electron chi connectivity index (χ4n) is 6.50. The number of nitrogens with one attached hydrogen (secondary N) is 1. The van der Waals surface area contributed by atoms with Gasteiger partial charge in [-0.25, -0.2) is 4.79 Å². The summed E-state index contributed by atoms with van der Waals surface area (Å²) in [6, 6.07) is -0.985. The summed E-state index contributed by atoms with van der Waals surface area (Å²) in [6.07, 6.45) is 5.37. The van der Waals surface area contributed by atoms with Crippen molar-refractivity contribution in [2.75, 3.05) is 7.11 Å². The Hall–Kier alpha value is -1.10. The van der Waals surface area contributed by atoms with Crippen molar-refractivity contribution in [2.24, 2.45) is 22.2 Å². The number of carbonyl (C=O) groups excluding carboxylic acids is 2. The minimum atomic E-state index is -0.985. The summed E-state index contributed by atoms with van der Waals surface area (Å²) < 4.78 is 4.72. The number of aliphatic hydroxyl groups is 1. The molecule has 130 valence electrons. The third kappa shape index (κ3) is 2.77. The van der Waals surface area contributed by atoms with Crippen LogP contribution in [0.3, 0.4) is 0 Å². The van der Waals surface area contributed by atoms with Crippen molar-refractivity contribution in [3.63, 3.8) is 0 Å². The smallest absolute Gasteiger partial charge is 0.331 e. The van der Waals surface area contributed by atoms with Crippen LogP contribution in [0, 0.1) is 22.2 Å². The Labute approximate surface area is 138 Å². The van der Waals surface area contributed by atoms with Crippen LogP contribution in [0.4, 0.5) is 0 Å². The van der Waals surface area contributed by atoms with Crippen molar-refractivity contribution in [2.45, 2.75) is 71.4 Å². The van der Waals surface area contributed by atoms with Gasteiger partial charge in [-0.05, 0) is 62.2 Å². The highest BCUT2D eigenvalue weighted by molar-refractivity contribution is 5.88. The van der Waals surface area contributed by atoms with E-state index in [1.54, 1.807) is 0 Å². The first-order chi connectivity index (χ1) is 10.6. The van der Waals surface area contributed by atoms with E-state index in [4.69, 9.17) is 4.74 Å². The van der Waals surface area contributed by atoms with Crippen LogP contribution >= 0.6 is 0 Å². The topological polar surface area (TPSA) is 75.6 Å². The lowest BCUT2D eigenvalue weighted by molar-refractivity contribution is -0.173. The third-order valence-corrected chi connectivity index (χ3v) is 6.33. The molecule has 0 unspecified atom stereocenters. The van der Waals surface area contributed by atoms with Gasteiger partial charge in [0, 0.05) is 0 Å². The summed E-state index contributed by atoms with van der Waals surface area (Å²) in [7, 11) is 1.27. The number of carbonyl (C=O) groups is 2. The average Bonchev–Trinajstić information content (AvgIpc) is 2.39. The van der Waals surface area contributed by atoms with Crippen molar-refractivity contribution in [3.05, 3.63) is 0 Å². The molecule has 1 amide bonds. The molecule has 0 aromatic heterocycles. The Kier molecular flexibility index (Phi) is 3.79. The summed E-state index contributed by atoms with van der Waals surface area (Å²) in [6.45, 7) is 6.12. The van der Waals surface area contributed by atoms with E-state index in [0.717, 1.165) is 19.3 Å². The highest BCUT2D eigenvalue weighted by atomic mass is 16.5. The molecule has 5 heteroatoms. The lowest BCUT2D eigenvalue weighted by atomic mass is 9.40. The predicted octanol–water partition coefficient (Wildman–Crippen LogP) is 2.02. The van der Waals surface area contributed by atoms with E-state index in [9.17, 15) is 14.7 Å². The summed E-state index contributed by atoms with van der Waals surface area (Å²) in [4.78, 5) is 24.9. The number of ether oxygens (including phenoxy) is 1. The summed E-state index contributed by atoms with van der Waals surface area (Å²) in [5, 5.41) is 12.6. The van der Waals surface area contributed by atoms with Crippen LogP contribution in [0.1, 0.15) is 59.3 Å². The SMILES string of the molecule is COC(=O)[C@@H](NC(=O)C12CC3C[C@@](C)(C1)C[C@@](C)(C3)C2)[C@@H](C)O. The molecular formula is C18H29NO4. The second-order valence-corrected chi connectivity index (χ2v) is 9.13. The maximum absolute atomic E-state index is 13.1. The Morgan fingerprint density at radius 3 is 2.13 bits per heavy atom.